The van der Waals surface area contributed by atoms with E-state index in [4.69, 9.17) is 0 Å². The fraction of sp³-hybridized carbons (Fsp3) is 0.667. The summed E-state index contributed by atoms with van der Waals surface area (Å²) in [5, 5.41) is 6.98. The molecule has 0 saturated heterocycles. The van der Waals surface area contributed by atoms with Gasteiger partial charge in [-0.25, -0.2) is 8.78 Å². The summed E-state index contributed by atoms with van der Waals surface area (Å²) in [6, 6.07) is 0. The summed E-state index contributed by atoms with van der Waals surface area (Å²) in [7, 11) is 0. The normalized spacial score (nSPS) is 17.0. The van der Waals surface area contributed by atoms with E-state index in [0.29, 0.717) is 25.1 Å². The summed E-state index contributed by atoms with van der Waals surface area (Å²) in [6.07, 6.45) is 0.370. The molecule has 2 rings (SSSR count). The number of hydrogen-bond acceptors (Lipinski definition) is 3. The minimum Gasteiger partial charge on any atom is -0.356 e. The topological polar surface area (TPSA) is 67.2 Å². The highest BCUT2D eigenvalue weighted by Crippen LogP contribution is 2.23. The first kappa shape index (κ1) is 17.4. The van der Waals surface area contributed by atoms with E-state index in [-0.39, 0.29) is 18.4 Å². The van der Waals surface area contributed by atoms with Crippen molar-refractivity contribution in [2.75, 3.05) is 19.6 Å². The Kier molecular flexibility index (Phi) is 5.68. The van der Waals surface area contributed by atoms with Crippen LogP contribution in [-0.2, 0) is 17.8 Å². The highest BCUT2D eigenvalue weighted by Gasteiger charge is 2.28. The van der Waals surface area contributed by atoms with Gasteiger partial charge in [0.15, 0.2) is 0 Å². The van der Waals surface area contributed by atoms with Crippen molar-refractivity contribution in [1.82, 2.24) is 20.0 Å². The molecule has 0 spiro atoms. The molecule has 2 heterocycles. The lowest BCUT2D eigenvalue weighted by Gasteiger charge is -2.25. The summed E-state index contributed by atoms with van der Waals surface area (Å²) < 4.78 is 26.9. The molecule has 1 aromatic rings. The lowest BCUT2D eigenvalue weighted by Crippen LogP contribution is -2.36. The van der Waals surface area contributed by atoms with Crippen LogP contribution in [0.5, 0.6) is 0 Å². The molecule has 0 aliphatic carbocycles. The standard InChI is InChI=1S/C15H22F2N4O2/c1-3-20(9-14(16)17)15(23)12-8-19-21-5-4-11(6-13(12)21)7-18-10(2)22/h8,11,14H,3-7,9H2,1-2H3,(H,18,22). The number of rotatable bonds is 6. The average Bonchev–Trinajstić information content (AvgIpc) is 2.92. The number of amides is 2. The van der Waals surface area contributed by atoms with E-state index < -0.39 is 18.9 Å². The molecule has 0 radical (unpaired) electrons. The van der Waals surface area contributed by atoms with E-state index in [1.165, 1.54) is 13.1 Å². The number of halogens is 2. The van der Waals surface area contributed by atoms with Gasteiger partial charge in [0, 0.05) is 26.6 Å². The Bertz CT molecular complexity index is 574. The van der Waals surface area contributed by atoms with Crippen LogP contribution in [0.3, 0.4) is 0 Å². The molecule has 0 bridgehead atoms. The van der Waals surface area contributed by atoms with Crippen LogP contribution < -0.4 is 5.32 Å². The fourth-order valence-electron chi connectivity index (χ4n) is 2.83. The lowest BCUT2D eigenvalue weighted by atomic mass is 9.94. The molecule has 8 heteroatoms. The average molecular weight is 328 g/mol. The molecular weight excluding hydrogens is 306 g/mol. The lowest BCUT2D eigenvalue weighted by molar-refractivity contribution is -0.119. The fourth-order valence-corrected chi connectivity index (χ4v) is 2.83. The van der Waals surface area contributed by atoms with Gasteiger partial charge in [0.2, 0.25) is 5.91 Å². The van der Waals surface area contributed by atoms with Crippen molar-refractivity contribution in [2.24, 2.45) is 5.92 Å². The van der Waals surface area contributed by atoms with Crippen LogP contribution in [0.2, 0.25) is 0 Å². The number of aromatic nitrogens is 2. The molecular formula is C15H22F2N4O2. The van der Waals surface area contributed by atoms with Crippen molar-refractivity contribution < 1.29 is 18.4 Å². The molecule has 6 nitrogen and oxygen atoms in total. The zero-order valence-corrected chi connectivity index (χ0v) is 13.4. The predicted molar refractivity (Wildman–Crippen MR) is 80.3 cm³/mol. The number of aryl methyl sites for hydroxylation is 1. The number of carbonyl (C=O) groups excluding carboxylic acids is 2. The maximum atomic E-state index is 12.6. The van der Waals surface area contributed by atoms with E-state index in [1.807, 2.05) is 0 Å². The molecule has 0 fully saturated rings. The second-order valence-electron chi connectivity index (χ2n) is 5.76. The van der Waals surface area contributed by atoms with Gasteiger partial charge in [-0.05, 0) is 25.7 Å². The zero-order valence-electron chi connectivity index (χ0n) is 13.4. The Hall–Kier alpha value is -1.99. The third-order valence-electron chi connectivity index (χ3n) is 4.08. The molecule has 2 amide bonds. The minimum atomic E-state index is -2.56. The van der Waals surface area contributed by atoms with Crippen LogP contribution in [0, 0.1) is 5.92 Å². The van der Waals surface area contributed by atoms with Gasteiger partial charge < -0.3 is 10.2 Å². The van der Waals surface area contributed by atoms with Gasteiger partial charge in [0.05, 0.1) is 24.0 Å². The maximum Gasteiger partial charge on any atom is 0.257 e. The molecule has 0 saturated carbocycles. The van der Waals surface area contributed by atoms with E-state index >= 15 is 0 Å². The quantitative estimate of drug-likeness (QED) is 0.856. The summed E-state index contributed by atoms with van der Waals surface area (Å²) in [5.41, 5.74) is 1.16. The van der Waals surface area contributed by atoms with E-state index in [2.05, 4.69) is 10.4 Å². The van der Waals surface area contributed by atoms with Gasteiger partial charge >= 0.3 is 0 Å². The highest BCUT2D eigenvalue weighted by atomic mass is 19.3. The largest absolute Gasteiger partial charge is 0.356 e. The van der Waals surface area contributed by atoms with Crippen molar-refractivity contribution in [3.05, 3.63) is 17.5 Å². The molecule has 1 aliphatic heterocycles. The summed E-state index contributed by atoms with van der Waals surface area (Å²) in [4.78, 5) is 24.7. The van der Waals surface area contributed by atoms with Crippen molar-refractivity contribution in [2.45, 2.75) is 39.7 Å². The number of alkyl halides is 2. The van der Waals surface area contributed by atoms with E-state index in [9.17, 15) is 18.4 Å². The Morgan fingerprint density at radius 2 is 2.26 bits per heavy atom. The van der Waals surface area contributed by atoms with Crippen LogP contribution in [0.25, 0.3) is 0 Å². The van der Waals surface area contributed by atoms with Gasteiger partial charge in [-0.15, -0.1) is 0 Å². The molecule has 1 N–H and O–H groups in total. The molecule has 23 heavy (non-hydrogen) atoms. The second-order valence-corrected chi connectivity index (χ2v) is 5.76. The Morgan fingerprint density at radius 3 is 2.87 bits per heavy atom. The first-order valence-corrected chi connectivity index (χ1v) is 7.78. The highest BCUT2D eigenvalue weighted by molar-refractivity contribution is 5.95. The van der Waals surface area contributed by atoms with Gasteiger partial charge in [-0.3, -0.25) is 14.3 Å². The number of fused-ring (bicyclic) bond motifs is 1. The second kappa shape index (κ2) is 7.52. The zero-order chi connectivity index (χ0) is 17.0. The van der Waals surface area contributed by atoms with Gasteiger partial charge in [-0.2, -0.15) is 5.10 Å². The number of nitrogens with zero attached hydrogens (tertiary/aromatic N) is 3. The molecule has 1 unspecified atom stereocenters. The molecule has 1 aromatic heterocycles. The third-order valence-corrected chi connectivity index (χ3v) is 4.08. The Labute approximate surface area is 133 Å². The van der Waals surface area contributed by atoms with Crippen LogP contribution in [0.1, 0.15) is 36.3 Å². The van der Waals surface area contributed by atoms with Crippen molar-refractivity contribution in [1.29, 1.82) is 0 Å². The van der Waals surface area contributed by atoms with Crippen LogP contribution in [0.4, 0.5) is 8.78 Å². The first-order valence-electron chi connectivity index (χ1n) is 7.78. The minimum absolute atomic E-state index is 0.0885. The van der Waals surface area contributed by atoms with Gasteiger partial charge in [-0.1, -0.05) is 0 Å². The number of nitrogens with one attached hydrogen (secondary N) is 1. The molecule has 0 aromatic carbocycles. The van der Waals surface area contributed by atoms with Gasteiger partial charge in [0.25, 0.3) is 12.3 Å². The molecule has 128 valence electrons. The van der Waals surface area contributed by atoms with Gasteiger partial charge in [0.1, 0.15) is 0 Å². The number of hydrogen-bond donors (Lipinski definition) is 1. The monoisotopic (exact) mass is 328 g/mol. The van der Waals surface area contributed by atoms with Crippen molar-refractivity contribution >= 4 is 11.8 Å². The molecule has 1 aliphatic rings. The SMILES string of the molecule is CCN(CC(F)F)C(=O)c1cnn2c1CC(CNC(C)=O)CC2. The van der Waals surface area contributed by atoms with Crippen LogP contribution in [-0.4, -0.2) is 52.6 Å². The van der Waals surface area contributed by atoms with E-state index in [0.717, 1.165) is 17.0 Å². The van der Waals surface area contributed by atoms with Crippen molar-refractivity contribution in [3.63, 3.8) is 0 Å². The summed E-state index contributed by atoms with van der Waals surface area (Å²) in [5.74, 6) is -0.275. The van der Waals surface area contributed by atoms with Crippen LogP contribution >= 0.6 is 0 Å². The smallest absolute Gasteiger partial charge is 0.257 e. The third kappa shape index (κ3) is 4.27. The number of carbonyl (C=O) groups is 2. The van der Waals surface area contributed by atoms with Crippen molar-refractivity contribution in [3.8, 4) is 0 Å². The predicted octanol–water partition coefficient (Wildman–Crippen LogP) is 1.31. The molecule has 1 atom stereocenters. The van der Waals surface area contributed by atoms with E-state index in [1.54, 1.807) is 11.6 Å². The maximum absolute atomic E-state index is 12.6. The summed E-state index contributed by atoms with van der Waals surface area (Å²) in [6.45, 7) is 4.00. The summed E-state index contributed by atoms with van der Waals surface area (Å²) >= 11 is 0. The Balaban J connectivity index is 2.12. The first-order chi connectivity index (χ1) is 10.9. The Morgan fingerprint density at radius 1 is 1.52 bits per heavy atom. The van der Waals surface area contributed by atoms with Crippen LogP contribution in [0.15, 0.2) is 6.20 Å².